The van der Waals surface area contributed by atoms with Crippen molar-refractivity contribution in [3.05, 3.63) is 48.2 Å². The molecule has 5 nitrogen and oxygen atoms in total. The van der Waals surface area contributed by atoms with Crippen LogP contribution in [0.15, 0.2) is 42.6 Å². The van der Waals surface area contributed by atoms with Crippen LogP contribution in [0.3, 0.4) is 0 Å². The Morgan fingerprint density at radius 2 is 1.96 bits per heavy atom. The molecule has 0 unspecified atom stereocenters. The Hall–Kier alpha value is -2.56. The minimum atomic E-state index is -0.132. The van der Waals surface area contributed by atoms with Gasteiger partial charge >= 0.3 is 0 Å². The van der Waals surface area contributed by atoms with Gasteiger partial charge < -0.3 is 9.47 Å². The van der Waals surface area contributed by atoms with Crippen molar-refractivity contribution in [1.82, 2.24) is 4.98 Å². The van der Waals surface area contributed by atoms with Crippen LogP contribution in [0.1, 0.15) is 36.0 Å². The molecule has 1 aromatic heterocycles. The van der Waals surface area contributed by atoms with Crippen LogP contribution in [0.2, 0.25) is 0 Å². The van der Waals surface area contributed by atoms with E-state index in [4.69, 9.17) is 9.47 Å². The summed E-state index contributed by atoms with van der Waals surface area (Å²) in [5, 5.41) is 0. The number of amides is 1. The minimum Gasteiger partial charge on any atom is -0.493 e. The highest BCUT2D eigenvalue weighted by atomic mass is 16.5. The molecule has 24 heavy (non-hydrogen) atoms. The van der Waals surface area contributed by atoms with Crippen molar-refractivity contribution in [3.63, 3.8) is 0 Å². The highest BCUT2D eigenvalue weighted by Gasteiger charge is 2.21. The van der Waals surface area contributed by atoms with E-state index in [1.807, 2.05) is 12.1 Å². The number of methoxy groups -OCH3 is 1. The first-order valence-corrected chi connectivity index (χ1v) is 8.23. The summed E-state index contributed by atoms with van der Waals surface area (Å²) in [5.74, 6) is 1.76. The average Bonchev–Trinajstić information content (AvgIpc) is 3.14. The Bertz CT molecular complexity index is 697. The summed E-state index contributed by atoms with van der Waals surface area (Å²) in [7, 11) is 3.32. The largest absolute Gasteiger partial charge is 0.493 e. The van der Waals surface area contributed by atoms with Crippen LogP contribution >= 0.6 is 0 Å². The van der Waals surface area contributed by atoms with Gasteiger partial charge in [0.25, 0.3) is 5.91 Å². The number of carbonyl (C=O) groups excluding carboxylic acids is 1. The molecule has 0 N–H and O–H groups in total. The van der Waals surface area contributed by atoms with E-state index < -0.39 is 0 Å². The molecule has 1 aliphatic rings. The molecule has 2 aromatic rings. The molecule has 1 amide bonds. The van der Waals surface area contributed by atoms with Crippen molar-refractivity contribution in [3.8, 4) is 11.5 Å². The van der Waals surface area contributed by atoms with Gasteiger partial charge in [-0.2, -0.15) is 0 Å². The lowest BCUT2D eigenvalue weighted by Crippen LogP contribution is -2.27. The predicted octanol–water partition coefficient (Wildman–Crippen LogP) is 3.69. The zero-order chi connectivity index (χ0) is 16.9. The lowest BCUT2D eigenvalue weighted by atomic mass is 10.1. The number of ether oxygens (including phenoxy) is 2. The molecule has 1 fully saturated rings. The Morgan fingerprint density at radius 3 is 2.62 bits per heavy atom. The second kappa shape index (κ2) is 7.34. The maximum atomic E-state index is 12.7. The van der Waals surface area contributed by atoms with Crippen molar-refractivity contribution in [1.29, 1.82) is 0 Å². The van der Waals surface area contributed by atoms with Crippen LogP contribution in [-0.4, -0.2) is 31.2 Å². The molecule has 0 spiro atoms. The number of pyridine rings is 1. The van der Waals surface area contributed by atoms with Gasteiger partial charge in [0, 0.05) is 18.8 Å². The van der Waals surface area contributed by atoms with Gasteiger partial charge in [0.1, 0.15) is 5.82 Å². The zero-order valence-electron chi connectivity index (χ0n) is 14.1. The van der Waals surface area contributed by atoms with Gasteiger partial charge in [0.15, 0.2) is 11.5 Å². The van der Waals surface area contributed by atoms with Crippen molar-refractivity contribution >= 4 is 11.7 Å². The fourth-order valence-electron chi connectivity index (χ4n) is 2.94. The van der Waals surface area contributed by atoms with Crippen LogP contribution in [0.25, 0.3) is 0 Å². The van der Waals surface area contributed by atoms with Gasteiger partial charge in [-0.15, -0.1) is 0 Å². The molecule has 0 bridgehead atoms. The molecule has 1 aromatic carbocycles. The number of nitrogens with zero attached hydrogens (tertiary/aromatic N) is 2. The average molecular weight is 326 g/mol. The molecule has 126 valence electrons. The lowest BCUT2D eigenvalue weighted by Gasteiger charge is -2.19. The molecular formula is C19H22N2O3. The highest BCUT2D eigenvalue weighted by Crippen LogP contribution is 2.32. The van der Waals surface area contributed by atoms with Crippen LogP contribution in [0.5, 0.6) is 11.5 Å². The van der Waals surface area contributed by atoms with Gasteiger partial charge in [-0.3, -0.25) is 9.69 Å². The maximum absolute atomic E-state index is 12.7. The van der Waals surface area contributed by atoms with E-state index in [0.717, 1.165) is 12.8 Å². The van der Waals surface area contributed by atoms with Gasteiger partial charge in [0.2, 0.25) is 0 Å². The van der Waals surface area contributed by atoms with Crippen molar-refractivity contribution in [2.75, 3.05) is 19.1 Å². The minimum absolute atomic E-state index is 0.132. The molecule has 0 aliphatic heterocycles. The summed E-state index contributed by atoms with van der Waals surface area (Å²) < 4.78 is 11.4. The third-order valence-corrected chi connectivity index (χ3v) is 4.30. The van der Waals surface area contributed by atoms with Crippen LogP contribution in [0, 0.1) is 0 Å². The Kier molecular flexibility index (Phi) is 4.99. The molecule has 0 atom stereocenters. The zero-order valence-corrected chi connectivity index (χ0v) is 14.1. The van der Waals surface area contributed by atoms with E-state index in [-0.39, 0.29) is 12.0 Å². The fraction of sp³-hybridized carbons (Fsp3) is 0.368. The molecule has 0 saturated heterocycles. The van der Waals surface area contributed by atoms with E-state index in [2.05, 4.69) is 4.98 Å². The molecule has 3 rings (SSSR count). The Morgan fingerprint density at radius 1 is 1.17 bits per heavy atom. The van der Waals surface area contributed by atoms with Gasteiger partial charge in [-0.1, -0.05) is 6.07 Å². The summed E-state index contributed by atoms with van der Waals surface area (Å²) in [4.78, 5) is 18.5. The lowest BCUT2D eigenvalue weighted by molar-refractivity contribution is 0.0991. The standard InChI is InChI=1S/C19H22N2O3/c1-21(18-9-5-6-12-20-18)19(22)14-10-11-16(23-2)17(13-14)24-15-7-3-4-8-15/h5-6,9-13,15H,3-4,7-8H2,1-2H3. The molecule has 1 saturated carbocycles. The van der Waals surface area contributed by atoms with Gasteiger partial charge in [-0.05, 0) is 56.0 Å². The number of benzene rings is 1. The van der Waals surface area contributed by atoms with Crippen LogP contribution in [0.4, 0.5) is 5.82 Å². The summed E-state index contributed by atoms with van der Waals surface area (Å²) in [6.45, 7) is 0. The number of rotatable bonds is 5. The molecule has 1 aliphatic carbocycles. The number of anilines is 1. The SMILES string of the molecule is COc1ccc(C(=O)N(C)c2ccccn2)cc1OC1CCCC1. The monoisotopic (exact) mass is 326 g/mol. The van der Waals surface area contributed by atoms with Crippen molar-refractivity contribution < 1.29 is 14.3 Å². The third kappa shape index (κ3) is 3.50. The number of hydrogen-bond acceptors (Lipinski definition) is 4. The normalized spacial score (nSPS) is 14.4. The van der Waals surface area contributed by atoms with Gasteiger partial charge in [0.05, 0.1) is 13.2 Å². The molecular weight excluding hydrogens is 304 g/mol. The number of hydrogen-bond donors (Lipinski definition) is 0. The first kappa shape index (κ1) is 16.3. The Labute approximate surface area is 142 Å². The van der Waals surface area contributed by atoms with Crippen LogP contribution in [-0.2, 0) is 0 Å². The summed E-state index contributed by atoms with van der Waals surface area (Å²) in [6, 6.07) is 10.8. The van der Waals surface area contributed by atoms with Crippen molar-refractivity contribution in [2.24, 2.45) is 0 Å². The van der Waals surface area contributed by atoms with E-state index >= 15 is 0 Å². The Balaban J connectivity index is 1.83. The number of carbonyl (C=O) groups is 1. The molecule has 0 radical (unpaired) electrons. The molecule has 5 heteroatoms. The van der Waals surface area contributed by atoms with E-state index in [9.17, 15) is 4.79 Å². The summed E-state index contributed by atoms with van der Waals surface area (Å²) >= 11 is 0. The van der Waals surface area contributed by atoms with Gasteiger partial charge in [-0.25, -0.2) is 4.98 Å². The topological polar surface area (TPSA) is 51.7 Å². The predicted molar refractivity (Wildman–Crippen MR) is 92.8 cm³/mol. The summed E-state index contributed by atoms with van der Waals surface area (Å²) in [6.07, 6.45) is 6.35. The van der Waals surface area contributed by atoms with Crippen molar-refractivity contribution in [2.45, 2.75) is 31.8 Å². The first-order chi connectivity index (χ1) is 11.7. The summed E-state index contributed by atoms with van der Waals surface area (Å²) in [5.41, 5.74) is 0.553. The fourth-order valence-corrected chi connectivity index (χ4v) is 2.94. The highest BCUT2D eigenvalue weighted by molar-refractivity contribution is 6.05. The van der Waals surface area contributed by atoms with E-state index in [0.29, 0.717) is 22.9 Å². The van der Waals surface area contributed by atoms with E-state index in [1.54, 1.807) is 44.6 Å². The quantitative estimate of drug-likeness (QED) is 0.841. The molecule has 1 heterocycles. The second-order valence-corrected chi connectivity index (χ2v) is 5.94. The smallest absolute Gasteiger partial charge is 0.259 e. The first-order valence-electron chi connectivity index (χ1n) is 8.23. The number of aromatic nitrogens is 1. The van der Waals surface area contributed by atoms with E-state index in [1.165, 1.54) is 17.7 Å². The van der Waals surface area contributed by atoms with Crippen LogP contribution < -0.4 is 14.4 Å². The second-order valence-electron chi connectivity index (χ2n) is 5.94. The third-order valence-electron chi connectivity index (χ3n) is 4.30. The maximum Gasteiger partial charge on any atom is 0.259 e.